The van der Waals surface area contributed by atoms with Gasteiger partial charge in [0.2, 0.25) is 0 Å². The summed E-state index contributed by atoms with van der Waals surface area (Å²) in [6, 6.07) is 0. The number of carbonyl (C=O) groups excluding carboxylic acids is 2. The number of anilines is 1. The van der Waals surface area contributed by atoms with Crippen molar-refractivity contribution in [2.24, 2.45) is 0 Å². The van der Waals surface area contributed by atoms with Gasteiger partial charge in [-0.05, 0) is 41.5 Å². The number of hydrogen-bond donors (Lipinski definition) is 0. The van der Waals surface area contributed by atoms with Crippen LogP contribution in [0.5, 0.6) is 0 Å². The van der Waals surface area contributed by atoms with Crippen LogP contribution in [-0.2, 0) is 9.47 Å². The zero-order valence-corrected chi connectivity index (χ0v) is 14.3. The Morgan fingerprint density at radius 3 is 1.82 bits per heavy atom. The Hall–Kier alpha value is -1.89. The molecule has 0 saturated heterocycles. The van der Waals surface area contributed by atoms with Crippen molar-refractivity contribution in [1.82, 2.24) is 9.97 Å². The first-order valence-electron chi connectivity index (χ1n) is 6.63. The smallest absolute Gasteiger partial charge is 0.425 e. The first-order valence-corrected chi connectivity index (χ1v) is 7.00. The summed E-state index contributed by atoms with van der Waals surface area (Å²) in [5, 5.41) is 0.0367. The van der Waals surface area contributed by atoms with Crippen molar-refractivity contribution in [3.8, 4) is 0 Å². The fraction of sp³-hybridized carbons (Fsp3) is 0.571. The number of imide groups is 1. The molecule has 0 unspecified atom stereocenters. The molecule has 0 saturated carbocycles. The zero-order valence-electron chi connectivity index (χ0n) is 13.5. The number of hydrogen-bond acceptors (Lipinski definition) is 6. The second kappa shape index (κ2) is 6.48. The number of amides is 2. The maximum Gasteiger partial charge on any atom is 0.425 e. The van der Waals surface area contributed by atoms with Gasteiger partial charge in [0, 0.05) is 0 Å². The van der Waals surface area contributed by atoms with Gasteiger partial charge in [0.05, 0.1) is 12.4 Å². The van der Waals surface area contributed by atoms with Crippen LogP contribution in [0.2, 0.25) is 5.15 Å². The minimum atomic E-state index is -0.918. The summed E-state index contributed by atoms with van der Waals surface area (Å²) in [5.41, 5.74) is -1.58. The maximum atomic E-state index is 12.3. The van der Waals surface area contributed by atoms with Gasteiger partial charge in [-0.25, -0.2) is 14.6 Å². The normalized spacial score (nSPS) is 11.8. The molecule has 0 bridgehead atoms. The lowest BCUT2D eigenvalue weighted by Gasteiger charge is -2.27. The third-order valence-electron chi connectivity index (χ3n) is 1.97. The predicted molar refractivity (Wildman–Crippen MR) is 82.0 cm³/mol. The van der Waals surface area contributed by atoms with E-state index in [-0.39, 0.29) is 11.0 Å². The summed E-state index contributed by atoms with van der Waals surface area (Å²) >= 11 is 5.76. The van der Waals surface area contributed by atoms with E-state index in [9.17, 15) is 9.59 Å². The molecule has 22 heavy (non-hydrogen) atoms. The number of halogens is 1. The van der Waals surface area contributed by atoms with Crippen molar-refractivity contribution in [3.05, 3.63) is 17.5 Å². The van der Waals surface area contributed by atoms with Crippen molar-refractivity contribution in [1.29, 1.82) is 0 Å². The highest BCUT2D eigenvalue weighted by atomic mass is 35.5. The highest BCUT2D eigenvalue weighted by Gasteiger charge is 2.33. The molecule has 0 N–H and O–H groups in total. The largest absolute Gasteiger partial charge is 0.443 e. The van der Waals surface area contributed by atoms with Gasteiger partial charge in [0.1, 0.15) is 16.4 Å². The second-order valence-corrected chi connectivity index (χ2v) is 6.88. The summed E-state index contributed by atoms with van der Waals surface area (Å²) in [4.78, 5) is 33.0. The van der Waals surface area contributed by atoms with E-state index in [0.29, 0.717) is 4.90 Å². The number of nitrogens with zero attached hydrogens (tertiary/aromatic N) is 3. The van der Waals surface area contributed by atoms with E-state index in [0.717, 1.165) is 0 Å². The van der Waals surface area contributed by atoms with E-state index >= 15 is 0 Å². The molecular formula is C14H20ClN3O4. The molecule has 7 nitrogen and oxygen atoms in total. The lowest BCUT2D eigenvalue weighted by molar-refractivity contribution is 0.0429. The quantitative estimate of drug-likeness (QED) is 0.779. The summed E-state index contributed by atoms with van der Waals surface area (Å²) in [7, 11) is 0. The van der Waals surface area contributed by atoms with Gasteiger partial charge in [0.25, 0.3) is 0 Å². The SMILES string of the molecule is CC(C)(C)OC(=O)N(C(=O)OC(C)(C)C)c1cncc(Cl)n1. The Morgan fingerprint density at radius 1 is 1.00 bits per heavy atom. The van der Waals surface area contributed by atoms with E-state index in [1.165, 1.54) is 12.4 Å². The van der Waals surface area contributed by atoms with Crippen molar-refractivity contribution in [3.63, 3.8) is 0 Å². The molecule has 0 aromatic carbocycles. The van der Waals surface area contributed by atoms with Crippen LogP contribution in [0.15, 0.2) is 12.4 Å². The van der Waals surface area contributed by atoms with E-state index in [2.05, 4.69) is 9.97 Å². The van der Waals surface area contributed by atoms with Crippen LogP contribution in [0, 0.1) is 0 Å². The molecule has 2 amide bonds. The average Bonchev–Trinajstić information content (AvgIpc) is 2.23. The molecule has 0 aliphatic heterocycles. The lowest BCUT2D eigenvalue weighted by atomic mass is 10.2. The van der Waals surface area contributed by atoms with Gasteiger partial charge in [-0.3, -0.25) is 4.98 Å². The zero-order chi connectivity index (χ0) is 17.1. The summed E-state index contributed by atoms with van der Waals surface area (Å²) in [5.74, 6) is -0.0731. The fourth-order valence-corrected chi connectivity index (χ4v) is 1.46. The number of ether oxygens (including phenoxy) is 2. The second-order valence-electron chi connectivity index (χ2n) is 6.50. The Labute approximate surface area is 134 Å². The van der Waals surface area contributed by atoms with Crippen LogP contribution in [0.4, 0.5) is 15.4 Å². The van der Waals surface area contributed by atoms with Gasteiger partial charge in [-0.1, -0.05) is 11.6 Å². The standard InChI is InChI=1S/C14H20ClN3O4/c1-13(2,3)21-11(19)18(12(20)22-14(4,5)6)10-8-16-7-9(15)17-10/h7-8H,1-6H3. The predicted octanol–water partition coefficient (Wildman–Crippen LogP) is 3.81. The molecule has 1 aromatic rings. The minimum absolute atomic E-state index is 0.0367. The van der Waals surface area contributed by atoms with Crippen molar-refractivity contribution in [2.45, 2.75) is 52.7 Å². The topological polar surface area (TPSA) is 81.6 Å². The first-order chi connectivity index (χ1) is 9.89. The fourth-order valence-electron chi connectivity index (χ4n) is 1.32. The third kappa shape index (κ3) is 5.85. The monoisotopic (exact) mass is 329 g/mol. The summed E-state index contributed by atoms with van der Waals surface area (Å²) in [6.07, 6.45) is 0.671. The molecular weight excluding hydrogens is 310 g/mol. The molecule has 122 valence electrons. The molecule has 1 rings (SSSR count). The highest BCUT2D eigenvalue weighted by molar-refractivity contribution is 6.29. The Bertz CT molecular complexity index is 536. The number of aromatic nitrogens is 2. The Balaban J connectivity index is 3.15. The average molecular weight is 330 g/mol. The molecule has 0 aliphatic carbocycles. The van der Waals surface area contributed by atoms with Crippen LogP contribution in [0.1, 0.15) is 41.5 Å². The molecule has 0 radical (unpaired) electrons. The van der Waals surface area contributed by atoms with Crippen LogP contribution in [0.25, 0.3) is 0 Å². The van der Waals surface area contributed by atoms with Gasteiger partial charge in [-0.15, -0.1) is 0 Å². The highest BCUT2D eigenvalue weighted by Crippen LogP contribution is 2.20. The molecule has 1 aromatic heterocycles. The molecule has 8 heteroatoms. The summed E-state index contributed by atoms with van der Waals surface area (Å²) in [6.45, 7) is 10.1. The van der Waals surface area contributed by atoms with Crippen molar-refractivity contribution >= 4 is 29.6 Å². The van der Waals surface area contributed by atoms with E-state index < -0.39 is 23.4 Å². The van der Waals surface area contributed by atoms with Crippen LogP contribution in [-0.4, -0.2) is 33.4 Å². The molecule has 0 spiro atoms. The minimum Gasteiger partial charge on any atom is -0.443 e. The van der Waals surface area contributed by atoms with Gasteiger partial charge >= 0.3 is 12.2 Å². The van der Waals surface area contributed by atoms with Gasteiger partial charge in [0.15, 0.2) is 5.82 Å². The Kier molecular flexibility index (Phi) is 5.35. The molecule has 0 aliphatic rings. The van der Waals surface area contributed by atoms with Crippen molar-refractivity contribution < 1.29 is 19.1 Å². The van der Waals surface area contributed by atoms with E-state index in [1.807, 2.05) is 0 Å². The first kappa shape index (κ1) is 18.2. The van der Waals surface area contributed by atoms with E-state index in [1.54, 1.807) is 41.5 Å². The molecule has 1 heterocycles. The van der Waals surface area contributed by atoms with Crippen LogP contribution >= 0.6 is 11.6 Å². The molecule has 0 fully saturated rings. The Morgan fingerprint density at radius 2 is 1.45 bits per heavy atom. The van der Waals surface area contributed by atoms with Crippen molar-refractivity contribution in [2.75, 3.05) is 4.90 Å². The van der Waals surface area contributed by atoms with Crippen LogP contribution < -0.4 is 4.90 Å². The third-order valence-corrected chi connectivity index (χ3v) is 2.16. The van der Waals surface area contributed by atoms with E-state index in [4.69, 9.17) is 21.1 Å². The number of carbonyl (C=O) groups is 2. The van der Waals surface area contributed by atoms with Gasteiger partial charge in [-0.2, -0.15) is 4.90 Å². The molecule has 0 atom stereocenters. The maximum absolute atomic E-state index is 12.3. The van der Waals surface area contributed by atoms with Crippen LogP contribution in [0.3, 0.4) is 0 Å². The number of rotatable bonds is 1. The summed E-state index contributed by atoms with van der Waals surface area (Å²) < 4.78 is 10.4. The van der Waals surface area contributed by atoms with Gasteiger partial charge < -0.3 is 9.47 Å². The lowest BCUT2D eigenvalue weighted by Crippen LogP contribution is -2.44.